The zero-order valence-electron chi connectivity index (χ0n) is 23.1. The second-order valence-corrected chi connectivity index (χ2v) is 10.7. The topological polar surface area (TPSA) is 106 Å². The van der Waals surface area contributed by atoms with Crippen LogP contribution in [0.4, 0.5) is 0 Å². The molecule has 2 N–H and O–H groups in total. The van der Waals surface area contributed by atoms with Gasteiger partial charge in [0.15, 0.2) is 11.5 Å². The van der Waals surface area contributed by atoms with Gasteiger partial charge in [-0.15, -0.1) is 11.3 Å². The molecule has 10 heteroatoms. The van der Waals surface area contributed by atoms with Crippen LogP contribution in [0.15, 0.2) is 60.0 Å². The summed E-state index contributed by atoms with van der Waals surface area (Å²) in [7, 11) is 4.57. The van der Waals surface area contributed by atoms with Crippen LogP contribution in [0, 0.1) is 0 Å². The Kier molecular flexibility index (Phi) is 9.95. The van der Waals surface area contributed by atoms with E-state index in [1.807, 2.05) is 39.0 Å². The van der Waals surface area contributed by atoms with E-state index >= 15 is 0 Å². The number of nitrogens with zero attached hydrogens (tertiary/aromatic N) is 1. The normalized spacial score (nSPS) is 11.7. The van der Waals surface area contributed by atoms with Crippen LogP contribution in [-0.2, 0) is 16.1 Å². The van der Waals surface area contributed by atoms with Crippen molar-refractivity contribution in [2.24, 2.45) is 0 Å². The van der Waals surface area contributed by atoms with Crippen LogP contribution in [0.2, 0.25) is 0 Å². The predicted octanol–water partition coefficient (Wildman–Crippen LogP) is 4.19. The first-order chi connectivity index (χ1) is 18.6. The number of ether oxygens (including phenoxy) is 3. The van der Waals surface area contributed by atoms with Crippen molar-refractivity contribution in [3.05, 3.63) is 76.0 Å². The lowest BCUT2D eigenvalue weighted by Crippen LogP contribution is -2.50. The number of hydrogen-bond acceptors (Lipinski definition) is 7. The Hall–Kier alpha value is -4.05. The molecule has 0 aliphatic rings. The number of benzene rings is 2. The van der Waals surface area contributed by atoms with Gasteiger partial charge in [-0.05, 0) is 56.0 Å². The molecule has 0 saturated carbocycles. The van der Waals surface area contributed by atoms with Crippen LogP contribution in [0.1, 0.15) is 47.6 Å². The van der Waals surface area contributed by atoms with Gasteiger partial charge in [-0.3, -0.25) is 14.4 Å². The molecule has 1 aromatic heterocycles. The van der Waals surface area contributed by atoms with Gasteiger partial charge in [0.1, 0.15) is 11.8 Å². The van der Waals surface area contributed by atoms with Crippen molar-refractivity contribution in [3.8, 4) is 17.2 Å². The smallest absolute Gasteiger partial charge is 0.261 e. The van der Waals surface area contributed by atoms with Crippen LogP contribution >= 0.6 is 11.3 Å². The minimum absolute atomic E-state index is 0.0499. The highest BCUT2D eigenvalue weighted by Crippen LogP contribution is 2.34. The minimum atomic E-state index is -1.06. The Morgan fingerprint density at radius 1 is 0.897 bits per heavy atom. The molecule has 9 nitrogen and oxygen atoms in total. The molecule has 3 aromatic rings. The first-order valence-corrected chi connectivity index (χ1v) is 13.2. The van der Waals surface area contributed by atoms with Gasteiger partial charge >= 0.3 is 0 Å². The second kappa shape index (κ2) is 13.1. The van der Waals surface area contributed by atoms with Gasteiger partial charge in [-0.1, -0.05) is 30.3 Å². The molecule has 0 fully saturated rings. The Morgan fingerprint density at radius 2 is 1.59 bits per heavy atom. The van der Waals surface area contributed by atoms with Gasteiger partial charge in [0.05, 0.1) is 39.3 Å². The lowest BCUT2D eigenvalue weighted by molar-refractivity contribution is -0.141. The van der Waals surface area contributed by atoms with Crippen LogP contribution in [0.3, 0.4) is 0 Å². The molecular formula is C29H35N3O6S. The second-order valence-electron chi connectivity index (χ2n) is 9.75. The van der Waals surface area contributed by atoms with Crippen LogP contribution in [0.5, 0.6) is 17.2 Å². The first kappa shape index (κ1) is 29.5. The van der Waals surface area contributed by atoms with E-state index in [9.17, 15) is 14.4 Å². The third kappa shape index (κ3) is 7.73. The molecule has 0 saturated heterocycles. The molecule has 0 aliphatic heterocycles. The number of nitrogens with one attached hydrogen (secondary N) is 2. The number of para-hydroxylation sites is 1. The van der Waals surface area contributed by atoms with Gasteiger partial charge in [0, 0.05) is 11.1 Å². The molecule has 3 amide bonds. The fourth-order valence-electron chi connectivity index (χ4n) is 4.03. The summed E-state index contributed by atoms with van der Waals surface area (Å²) in [4.78, 5) is 42.2. The molecule has 2 aromatic carbocycles. The number of rotatable bonds is 11. The Bertz CT molecular complexity index is 1290. The third-order valence-corrected chi connectivity index (χ3v) is 6.65. The lowest BCUT2D eigenvalue weighted by Gasteiger charge is -2.34. The zero-order valence-corrected chi connectivity index (χ0v) is 23.9. The average molecular weight is 554 g/mol. The molecule has 0 aliphatic carbocycles. The van der Waals surface area contributed by atoms with Crippen molar-refractivity contribution < 1.29 is 28.6 Å². The van der Waals surface area contributed by atoms with Crippen LogP contribution in [-0.4, -0.2) is 56.0 Å². The molecule has 3 rings (SSSR count). The maximum atomic E-state index is 13.8. The van der Waals surface area contributed by atoms with Crippen molar-refractivity contribution in [1.29, 1.82) is 0 Å². The predicted molar refractivity (Wildman–Crippen MR) is 150 cm³/mol. The highest BCUT2D eigenvalue weighted by molar-refractivity contribution is 7.12. The van der Waals surface area contributed by atoms with Crippen molar-refractivity contribution in [2.45, 2.75) is 38.9 Å². The number of methoxy groups -OCH3 is 3. The van der Waals surface area contributed by atoms with Gasteiger partial charge in [0.25, 0.3) is 5.91 Å². The molecule has 1 heterocycles. The third-order valence-electron chi connectivity index (χ3n) is 5.78. The monoisotopic (exact) mass is 553 g/mol. The summed E-state index contributed by atoms with van der Waals surface area (Å²) in [6.45, 7) is 5.34. The van der Waals surface area contributed by atoms with Crippen LogP contribution < -0.4 is 24.8 Å². The number of thiophene rings is 1. The fraction of sp³-hybridized carbons (Fsp3) is 0.345. The minimum Gasteiger partial charge on any atom is -0.496 e. The van der Waals surface area contributed by atoms with E-state index in [2.05, 4.69) is 10.6 Å². The molecule has 0 bridgehead atoms. The Balaban J connectivity index is 2.08. The van der Waals surface area contributed by atoms with E-state index < -0.39 is 17.5 Å². The van der Waals surface area contributed by atoms with E-state index in [1.165, 1.54) is 30.5 Å². The molecule has 1 atom stereocenters. The summed E-state index contributed by atoms with van der Waals surface area (Å²) >= 11 is 1.28. The van der Waals surface area contributed by atoms with Crippen molar-refractivity contribution in [1.82, 2.24) is 15.5 Å². The van der Waals surface area contributed by atoms with Gasteiger partial charge in [-0.25, -0.2) is 0 Å². The van der Waals surface area contributed by atoms with Crippen molar-refractivity contribution >= 4 is 29.1 Å². The van der Waals surface area contributed by atoms with Crippen molar-refractivity contribution in [3.63, 3.8) is 0 Å². The summed E-state index contributed by atoms with van der Waals surface area (Å²) in [5.74, 6) is 0.274. The molecule has 0 radical (unpaired) electrons. The maximum absolute atomic E-state index is 13.8. The summed E-state index contributed by atoms with van der Waals surface area (Å²) < 4.78 is 16.4. The largest absolute Gasteiger partial charge is 0.496 e. The summed E-state index contributed by atoms with van der Waals surface area (Å²) in [5, 5.41) is 7.47. The van der Waals surface area contributed by atoms with E-state index in [0.717, 1.165) is 0 Å². The van der Waals surface area contributed by atoms with E-state index in [-0.39, 0.29) is 24.9 Å². The first-order valence-electron chi connectivity index (χ1n) is 12.3. The summed E-state index contributed by atoms with van der Waals surface area (Å²) in [6, 6.07) is 14.8. The summed E-state index contributed by atoms with van der Waals surface area (Å²) in [6.07, 6.45) is 0. The lowest BCUT2D eigenvalue weighted by atomic mass is 10.00. The zero-order chi connectivity index (χ0) is 28.6. The Labute approximate surface area is 233 Å². The average Bonchev–Trinajstić information content (AvgIpc) is 3.45. The van der Waals surface area contributed by atoms with Gasteiger partial charge in [-0.2, -0.15) is 0 Å². The number of amides is 3. The number of carbonyl (C=O) groups excluding carboxylic acids is 3. The molecule has 1 unspecified atom stereocenters. The number of hydrogen-bond donors (Lipinski definition) is 2. The maximum Gasteiger partial charge on any atom is 0.261 e. The Morgan fingerprint density at radius 3 is 2.21 bits per heavy atom. The quantitative estimate of drug-likeness (QED) is 0.369. The van der Waals surface area contributed by atoms with Crippen molar-refractivity contribution in [2.75, 3.05) is 27.9 Å². The van der Waals surface area contributed by atoms with Gasteiger partial charge < -0.3 is 29.7 Å². The SMILES string of the molecule is COc1ccccc1CN(C(=O)CNC(=O)c1cccs1)C(C(=O)NC(C)(C)C)c1ccc(OC)c(OC)c1. The van der Waals surface area contributed by atoms with Gasteiger partial charge in [0.2, 0.25) is 11.8 Å². The fourth-order valence-corrected chi connectivity index (χ4v) is 4.67. The van der Waals surface area contributed by atoms with Crippen LogP contribution in [0.25, 0.3) is 0 Å². The molecule has 0 spiro atoms. The highest BCUT2D eigenvalue weighted by atomic mass is 32.1. The highest BCUT2D eigenvalue weighted by Gasteiger charge is 2.34. The molecular weight excluding hydrogens is 518 g/mol. The molecule has 39 heavy (non-hydrogen) atoms. The number of carbonyl (C=O) groups is 3. The standard InChI is InChI=1S/C29H35N3O6S/c1-29(2,3)31-28(35)26(19-13-14-22(37-5)23(16-19)38-6)32(18-20-10-7-8-11-21(20)36-4)25(33)17-30-27(34)24-12-9-15-39-24/h7-16,26H,17-18H2,1-6H3,(H,30,34)(H,31,35). The summed E-state index contributed by atoms with van der Waals surface area (Å²) in [5.41, 5.74) is 0.646. The van der Waals surface area contributed by atoms with E-state index in [1.54, 1.807) is 48.9 Å². The van der Waals surface area contributed by atoms with E-state index in [4.69, 9.17) is 14.2 Å². The van der Waals surface area contributed by atoms with E-state index in [0.29, 0.717) is 33.3 Å². The molecule has 208 valence electrons.